The number of piperazine rings is 1. The number of benzene rings is 1. The van der Waals surface area contributed by atoms with E-state index in [0.29, 0.717) is 44.2 Å². The molecule has 1 aromatic carbocycles. The molecule has 0 radical (unpaired) electrons. The van der Waals surface area contributed by atoms with E-state index in [1.165, 1.54) is 8.61 Å². The fourth-order valence-electron chi connectivity index (χ4n) is 5.21. The number of ether oxygens (including phenoxy) is 1. The van der Waals surface area contributed by atoms with E-state index in [0.717, 1.165) is 49.5 Å². The van der Waals surface area contributed by atoms with Gasteiger partial charge in [-0.05, 0) is 42.9 Å². The number of nitrogens with zero attached hydrogens (tertiary/aromatic N) is 5. The highest BCUT2D eigenvalue weighted by Crippen LogP contribution is 2.32. The van der Waals surface area contributed by atoms with Crippen LogP contribution < -0.4 is 4.31 Å². The highest BCUT2D eigenvalue weighted by Gasteiger charge is 2.33. The molecule has 1 aromatic heterocycles. The first-order valence-electron chi connectivity index (χ1n) is 13.5. The Morgan fingerprint density at radius 1 is 1.14 bits per heavy atom. The summed E-state index contributed by atoms with van der Waals surface area (Å²) < 4.78 is 37.6. The Bertz CT molecular complexity index is 1200. The highest BCUT2D eigenvalue weighted by atomic mass is 32.2. The van der Waals surface area contributed by atoms with Crippen LogP contribution in [0, 0.1) is 11.8 Å². The molecule has 0 atom stereocenters. The second-order valence-corrected chi connectivity index (χ2v) is 13.8. The van der Waals surface area contributed by atoms with Crippen LogP contribution in [0.4, 0.5) is 5.69 Å². The summed E-state index contributed by atoms with van der Waals surface area (Å²) in [5.41, 5.74) is 2.28. The van der Waals surface area contributed by atoms with E-state index >= 15 is 0 Å². The zero-order valence-corrected chi connectivity index (χ0v) is 24.1. The topological polar surface area (TPSA) is 88.0 Å². The van der Waals surface area contributed by atoms with E-state index in [4.69, 9.17) is 9.72 Å². The van der Waals surface area contributed by atoms with Crippen LogP contribution in [0.15, 0.2) is 18.2 Å². The normalized spacial score (nSPS) is 18.6. The minimum absolute atomic E-state index is 0.0943. The average molecular weight is 534 g/mol. The lowest BCUT2D eigenvalue weighted by molar-refractivity contribution is -0.133. The standard InChI is InChI=1S/C27H43N5O4S/c1-20(2)17-25(33)30-11-13-31(14-12-30)37(34,35)29(6)22-7-8-24-23(18-22)28-26(27(3,4)5)32(24)19-21-9-15-36-16-10-21/h7-8,18,20-21H,9-17,19H2,1-6H3. The highest BCUT2D eigenvalue weighted by molar-refractivity contribution is 7.90. The summed E-state index contributed by atoms with van der Waals surface area (Å²) >= 11 is 0. The lowest BCUT2D eigenvalue weighted by Crippen LogP contribution is -2.53. The first-order valence-corrected chi connectivity index (χ1v) is 14.9. The maximum atomic E-state index is 13.5. The molecule has 2 aromatic rings. The Labute approximate surface area is 221 Å². The molecule has 1 amide bonds. The Hall–Kier alpha value is -2.17. The molecule has 0 aliphatic carbocycles. The van der Waals surface area contributed by atoms with Gasteiger partial charge in [0, 0.05) is 64.8 Å². The SMILES string of the molecule is CC(C)CC(=O)N1CCN(S(=O)(=O)N(C)c2ccc3c(c2)nc(C(C)(C)C)n3CC2CCOCC2)CC1. The van der Waals surface area contributed by atoms with Crippen molar-refractivity contribution in [1.82, 2.24) is 18.8 Å². The minimum atomic E-state index is -3.73. The van der Waals surface area contributed by atoms with Crippen LogP contribution in [-0.4, -0.2) is 79.5 Å². The first-order chi connectivity index (χ1) is 17.4. The molecule has 2 aliphatic heterocycles. The van der Waals surface area contributed by atoms with Crippen LogP contribution in [0.1, 0.15) is 59.7 Å². The quantitative estimate of drug-likeness (QED) is 0.542. The van der Waals surface area contributed by atoms with E-state index in [1.54, 1.807) is 11.9 Å². The number of hydrogen-bond donors (Lipinski definition) is 0. The second kappa shape index (κ2) is 10.9. The van der Waals surface area contributed by atoms with Crippen LogP contribution in [0.25, 0.3) is 11.0 Å². The van der Waals surface area contributed by atoms with E-state index < -0.39 is 10.2 Å². The molecule has 2 saturated heterocycles. The second-order valence-electron chi connectivity index (χ2n) is 11.9. The molecule has 2 fully saturated rings. The van der Waals surface area contributed by atoms with Gasteiger partial charge in [0.2, 0.25) is 5.91 Å². The summed E-state index contributed by atoms with van der Waals surface area (Å²) in [6.07, 6.45) is 2.57. The lowest BCUT2D eigenvalue weighted by atomic mass is 9.94. The van der Waals surface area contributed by atoms with Crippen molar-refractivity contribution in [2.45, 2.75) is 65.8 Å². The van der Waals surface area contributed by atoms with Crippen molar-refractivity contribution >= 4 is 32.8 Å². The zero-order chi connectivity index (χ0) is 27.0. The summed E-state index contributed by atoms with van der Waals surface area (Å²) in [5.74, 6) is 1.94. The van der Waals surface area contributed by atoms with E-state index in [9.17, 15) is 13.2 Å². The number of fused-ring (bicyclic) bond motifs is 1. The third kappa shape index (κ3) is 6.12. The summed E-state index contributed by atoms with van der Waals surface area (Å²) in [5, 5.41) is 0. The van der Waals surface area contributed by atoms with Crippen LogP contribution in [0.5, 0.6) is 0 Å². The number of rotatable bonds is 7. The van der Waals surface area contributed by atoms with Gasteiger partial charge < -0.3 is 14.2 Å². The van der Waals surface area contributed by atoms with Gasteiger partial charge in [-0.3, -0.25) is 9.10 Å². The molecule has 206 valence electrons. The molecule has 2 aliphatic rings. The monoisotopic (exact) mass is 533 g/mol. The van der Waals surface area contributed by atoms with Gasteiger partial charge in [-0.1, -0.05) is 34.6 Å². The van der Waals surface area contributed by atoms with E-state index in [-0.39, 0.29) is 17.2 Å². The zero-order valence-electron chi connectivity index (χ0n) is 23.2. The van der Waals surface area contributed by atoms with E-state index in [2.05, 4.69) is 25.3 Å². The summed E-state index contributed by atoms with van der Waals surface area (Å²) in [7, 11) is -2.14. The van der Waals surface area contributed by atoms with Gasteiger partial charge in [0.1, 0.15) is 5.82 Å². The Morgan fingerprint density at radius 2 is 1.78 bits per heavy atom. The predicted molar refractivity (Wildman–Crippen MR) is 147 cm³/mol. The van der Waals surface area contributed by atoms with Crippen LogP contribution >= 0.6 is 0 Å². The Balaban J connectivity index is 1.55. The molecule has 10 heteroatoms. The molecule has 0 bridgehead atoms. The summed E-state index contributed by atoms with van der Waals surface area (Å²) in [6, 6.07) is 5.75. The van der Waals surface area contributed by atoms with Gasteiger partial charge in [-0.2, -0.15) is 12.7 Å². The number of hydrogen-bond acceptors (Lipinski definition) is 5. The number of anilines is 1. The molecule has 0 unspecified atom stereocenters. The van der Waals surface area contributed by atoms with Crippen molar-refractivity contribution in [1.29, 1.82) is 0 Å². The van der Waals surface area contributed by atoms with Crippen molar-refractivity contribution in [3.05, 3.63) is 24.0 Å². The third-order valence-corrected chi connectivity index (χ3v) is 9.32. The van der Waals surface area contributed by atoms with Gasteiger partial charge in [0.05, 0.1) is 16.7 Å². The maximum Gasteiger partial charge on any atom is 0.303 e. The largest absolute Gasteiger partial charge is 0.381 e. The summed E-state index contributed by atoms with van der Waals surface area (Å²) in [6.45, 7) is 14.5. The van der Waals surface area contributed by atoms with Crippen molar-refractivity contribution in [2.24, 2.45) is 11.8 Å². The molecule has 37 heavy (non-hydrogen) atoms. The molecule has 9 nitrogen and oxygen atoms in total. The number of imidazole rings is 1. The van der Waals surface area contributed by atoms with Gasteiger partial charge in [0.15, 0.2) is 0 Å². The van der Waals surface area contributed by atoms with Crippen LogP contribution in [0.2, 0.25) is 0 Å². The van der Waals surface area contributed by atoms with Crippen molar-refractivity contribution in [3.63, 3.8) is 0 Å². The fraction of sp³-hybridized carbons (Fsp3) is 0.704. The smallest absolute Gasteiger partial charge is 0.303 e. The number of aromatic nitrogens is 2. The van der Waals surface area contributed by atoms with Crippen LogP contribution in [0.3, 0.4) is 0 Å². The third-order valence-electron chi connectivity index (χ3n) is 7.39. The average Bonchev–Trinajstić information content (AvgIpc) is 3.22. The first kappa shape index (κ1) is 27.9. The fourth-order valence-corrected chi connectivity index (χ4v) is 6.56. The van der Waals surface area contributed by atoms with Crippen molar-refractivity contribution < 1.29 is 17.9 Å². The number of carbonyl (C=O) groups excluding carboxylic acids is 1. The van der Waals surface area contributed by atoms with E-state index in [1.807, 2.05) is 32.0 Å². The lowest BCUT2D eigenvalue weighted by Gasteiger charge is -2.36. The predicted octanol–water partition coefficient (Wildman–Crippen LogP) is 3.63. The molecule has 0 N–H and O–H groups in total. The molecule has 0 saturated carbocycles. The number of carbonyl (C=O) groups is 1. The number of amides is 1. The maximum absolute atomic E-state index is 13.5. The molecular formula is C27H43N5O4S. The van der Waals surface area contributed by atoms with Crippen LogP contribution in [-0.2, 0) is 31.7 Å². The van der Waals surface area contributed by atoms with Gasteiger partial charge in [-0.15, -0.1) is 0 Å². The molecule has 3 heterocycles. The van der Waals surface area contributed by atoms with Gasteiger partial charge in [-0.25, -0.2) is 4.98 Å². The Kier molecular flexibility index (Phi) is 8.21. The van der Waals surface area contributed by atoms with Gasteiger partial charge in [0.25, 0.3) is 0 Å². The Morgan fingerprint density at radius 3 is 2.38 bits per heavy atom. The molecule has 0 spiro atoms. The summed E-state index contributed by atoms with van der Waals surface area (Å²) in [4.78, 5) is 19.2. The van der Waals surface area contributed by atoms with Crippen molar-refractivity contribution in [2.75, 3.05) is 50.7 Å². The molecular weight excluding hydrogens is 490 g/mol. The van der Waals surface area contributed by atoms with Crippen molar-refractivity contribution in [3.8, 4) is 0 Å². The molecule has 4 rings (SSSR count). The van der Waals surface area contributed by atoms with Gasteiger partial charge >= 0.3 is 10.2 Å². The minimum Gasteiger partial charge on any atom is -0.381 e.